The standard InChI is InChI=1S/C8H13ClN2O3/c1-14-6-2-5(3-6)10-8(13)11-7(12)4-9/h5-6H,2-4H2,1H3,(H2,10,11,12,13). The number of hydrogen-bond acceptors (Lipinski definition) is 3. The highest BCUT2D eigenvalue weighted by Crippen LogP contribution is 2.22. The van der Waals surface area contributed by atoms with Gasteiger partial charge in [0.15, 0.2) is 0 Å². The molecule has 2 N–H and O–H groups in total. The van der Waals surface area contributed by atoms with E-state index in [1.165, 1.54) is 0 Å². The molecular weight excluding hydrogens is 208 g/mol. The van der Waals surface area contributed by atoms with Gasteiger partial charge >= 0.3 is 6.03 Å². The topological polar surface area (TPSA) is 67.4 Å². The molecule has 0 aliphatic heterocycles. The number of amides is 3. The maximum atomic E-state index is 11.1. The van der Waals surface area contributed by atoms with E-state index in [9.17, 15) is 9.59 Å². The zero-order valence-electron chi connectivity index (χ0n) is 7.88. The highest BCUT2D eigenvalue weighted by atomic mass is 35.5. The van der Waals surface area contributed by atoms with Crippen molar-refractivity contribution in [2.45, 2.75) is 25.0 Å². The Balaban J connectivity index is 2.13. The fourth-order valence-electron chi connectivity index (χ4n) is 1.26. The van der Waals surface area contributed by atoms with E-state index >= 15 is 0 Å². The number of carbonyl (C=O) groups is 2. The molecule has 0 atom stereocenters. The summed E-state index contributed by atoms with van der Waals surface area (Å²) in [5, 5.41) is 4.74. The van der Waals surface area contributed by atoms with Crippen LogP contribution in [0.1, 0.15) is 12.8 Å². The third-order valence-corrected chi connectivity index (χ3v) is 2.38. The molecule has 3 amide bonds. The number of rotatable bonds is 3. The summed E-state index contributed by atoms with van der Waals surface area (Å²) in [7, 11) is 1.64. The second-order valence-electron chi connectivity index (χ2n) is 3.18. The van der Waals surface area contributed by atoms with Gasteiger partial charge in [0.05, 0.1) is 6.10 Å². The Hall–Kier alpha value is -0.810. The Morgan fingerprint density at radius 2 is 2.14 bits per heavy atom. The molecule has 0 aromatic carbocycles. The first-order chi connectivity index (χ1) is 6.65. The first-order valence-electron chi connectivity index (χ1n) is 4.34. The minimum atomic E-state index is -0.494. The van der Waals surface area contributed by atoms with E-state index < -0.39 is 11.9 Å². The van der Waals surface area contributed by atoms with E-state index in [1.54, 1.807) is 7.11 Å². The van der Waals surface area contributed by atoms with Gasteiger partial charge in [-0.1, -0.05) is 0 Å². The Kier molecular flexibility index (Phi) is 4.16. The quantitative estimate of drug-likeness (QED) is 0.669. The molecule has 1 saturated carbocycles. The van der Waals surface area contributed by atoms with Crippen LogP contribution in [0.4, 0.5) is 4.79 Å². The van der Waals surface area contributed by atoms with Gasteiger partial charge < -0.3 is 10.1 Å². The van der Waals surface area contributed by atoms with Gasteiger partial charge in [0.25, 0.3) is 0 Å². The minimum Gasteiger partial charge on any atom is -0.381 e. The monoisotopic (exact) mass is 220 g/mol. The van der Waals surface area contributed by atoms with E-state index in [2.05, 4.69) is 10.6 Å². The smallest absolute Gasteiger partial charge is 0.321 e. The lowest BCUT2D eigenvalue weighted by molar-refractivity contribution is -0.117. The first kappa shape index (κ1) is 11.3. The van der Waals surface area contributed by atoms with Gasteiger partial charge in [-0.15, -0.1) is 11.6 Å². The number of imide groups is 1. The van der Waals surface area contributed by atoms with E-state index in [-0.39, 0.29) is 18.0 Å². The van der Waals surface area contributed by atoms with Crippen molar-refractivity contribution >= 4 is 23.5 Å². The molecule has 0 bridgehead atoms. The number of nitrogens with one attached hydrogen (secondary N) is 2. The van der Waals surface area contributed by atoms with Gasteiger partial charge in [0, 0.05) is 13.2 Å². The molecule has 5 nitrogen and oxygen atoms in total. The molecule has 0 aromatic heterocycles. The molecule has 1 fully saturated rings. The van der Waals surface area contributed by atoms with Crippen molar-refractivity contribution in [2.24, 2.45) is 0 Å². The van der Waals surface area contributed by atoms with Crippen molar-refractivity contribution in [3.63, 3.8) is 0 Å². The minimum absolute atomic E-state index is 0.100. The number of halogens is 1. The van der Waals surface area contributed by atoms with Crippen LogP contribution in [-0.2, 0) is 9.53 Å². The molecule has 0 radical (unpaired) electrons. The predicted molar refractivity (Wildman–Crippen MR) is 51.2 cm³/mol. The van der Waals surface area contributed by atoms with Gasteiger partial charge in [0.1, 0.15) is 5.88 Å². The Labute approximate surface area is 87.1 Å². The average molecular weight is 221 g/mol. The molecule has 14 heavy (non-hydrogen) atoms. The molecule has 80 valence electrons. The van der Waals surface area contributed by atoms with E-state index in [0.717, 1.165) is 12.8 Å². The summed E-state index contributed by atoms with van der Waals surface area (Å²) in [6, 6.07) is -0.390. The van der Waals surface area contributed by atoms with E-state index in [0.29, 0.717) is 0 Å². The lowest BCUT2D eigenvalue weighted by atomic mass is 9.89. The van der Waals surface area contributed by atoms with Gasteiger partial charge in [-0.25, -0.2) is 4.79 Å². The normalized spacial score (nSPS) is 25.0. The van der Waals surface area contributed by atoms with Crippen LogP contribution in [0.3, 0.4) is 0 Å². The number of methoxy groups -OCH3 is 1. The molecule has 1 aliphatic carbocycles. The van der Waals surface area contributed by atoms with Crippen molar-refractivity contribution in [2.75, 3.05) is 13.0 Å². The van der Waals surface area contributed by atoms with Crippen LogP contribution in [0.2, 0.25) is 0 Å². The summed E-state index contributed by atoms with van der Waals surface area (Å²) in [5.41, 5.74) is 0. The zero-order chi connectivity index (χ0) is 10.6. The molecule has 0 spiro atoms. The van der Waals surface area contributed by atoms with Crippen LogP contribution in [-0.4, -0.2) is 37.1 Å². The maximum Gasteiger partial charge on any atom is 0.321 e. The zero-order valence-corrected chi connectivity index (χ0v) is 8.63. The van der Waals surface area contributed by atoms with Crippen LogP contribution >= 0.6 is 11.6 Å². The number of alkyl halides is 1. The lowest BCUT2D eigenvalue weighted by Crippen LogP contribution is -2.51. The van der Waals surface area contributed by atoms with Crippen LogP contribution in [0.25, 0.3) is 0 Å². The highest BCUT2D eigenvalue weighted by molar-refractivity contribution is 6.28. The largest absolute Gasteiger partial charge is 0.381 e. The summed E-state index contributed by atoms with van der Waals surface area (Å²) in [6.07, 6.45) is 1.81. The van der Waals surface area contributed by atoms with Crippen molar-refractivity contribution in [1.82, 2.24) is 10.6 Å². The molecule has 0 saturated heterocycles. The number of carbonyl (C=O) groups excluding carboxylic acids is 2. The van der Waals surface area contributed by atoms with Gasteiger partial charge in [-0.2, -0.15) is 0 Å². The molecule has 6 heteroatoms. The third kappa shape index (κ3) is 3.16. The van der Waals surface area contributed by atoms with Gasteiger partial charge in [0.2, 0.25) is 5.91 Å². The number of ether oxygens (including phenoxy) is 1. The van der Waals surface area contributed by atoms with Crippen LogP contribution in [0.5, 0.6) is 0 Å². The Morgan fingerprint density at radius 1 is 1.50 bits per heavy atom. The fraction of sp³-hybridized carbons (Fsp3) is 0.750. The van der Waals surface area contributed by atoms with Crippen LogP contribution in [0.15, 0.2) is 0 Å². The van der Waals surface area contributed by atoms with Crippen molar-refractivity contribution in [3.05, 3.63) is 0 Å². The van der Waals surface area contributed by atoms with Crippen LogP contribution in [0, 0.1) is 0 Å². The van der Waals surface area contributed by atoms with Gasteiger partial charge in [-0.3, -0.25) is 10.1 Å². The SMILES string of the molecule is COC1CC(NC(=O)NC(=O)CCl)C1. The average Bonchev–Trinajstić information content (AvgIpc) is 2.10. The highest BCUT2D eigenvalue weighted by Gasteiger charge is 2.30. The molecule has 0 heterocycles. The summed E-state index contributed by atoms with van der Waals surface area (Å²) in [4.78, 5) is 21.8. The molecule has 0 aromatic rings. The predicted octanol–water partition coefficient (Wildman–Crippen LogP) is 0.228. The summed E-state index contributed by atoms with van der Waals surface area (Å²) >= 11 is 5.21. The Bertz CT molecular complexity index is 229. The Morgan fingerprint density at radius 3 is 2.64 bits per heavy atom. The van der Waals surface area contributed by atoms with Gasteiger partial charge in [-0.05, 0) is 12.8 Å². The van der Waals surface area contributed by atoms with Crippen molar-refractivity contribution in [3.8, 4) is 0 Å². The molecule has 0 unspecified atom stereocenters. The molecular formula is C8H13ClN2O3. The third-order valence-electron chi connectivity index (χ3n) is 2.14. The number of urea groups is 1. The maximum absolute atomic E-state index is 11.1. The summed E-state index contributed by atoms with van der Waals surface area (Å²) < 4.78 is 5.04. The molecule has 1 aliphatic rings. The fourth-order valence-corrected chi connectivity index (χ4v) is 1.32. The van der Waals surface area contributed by atoms with E-state index in [4.69, 9.17) is 16.3 Å². The van der Waals surface area contributed by atoms with Crippen LogP contribution < -0.4 is 10.6 Å². The summed E-state index contributed by atoms with van der Waals surface area (Å²) in [6.45, 7) is 0. The second kappa shape index (κ2) is 5.17. The van der Waals surface area contributed by atoms with Crippen molar-refractivity contribution < 1.29 is 14.3 Å². The summed E-state index contributed by atoms with van der Waals surface area (Å²) in [5.74, 6) is -0.703. The number of hydrogen-bond donors (Lipinski definition) is 2. The lowest BCUT2D eigenvalue weighted by Gasteiger charge is -2.34. The molecule has 1 rings (SSSR count). The first-order valence-corrected chi connectivity index (χ1v) is 4.88. The van der Waals surface area contributed by atoms with Crippen molar-refractivity contribution in [1.29, 1.82) is 0 Å². The second-order valence-corrected chi connectivity index (χ2v) is 3.45. The van der Waals surface area contributed by atoms with E-state index in [1.807, 2.05) is 0 Å².